The summed E-state index contributed by atoms with van der Waals surface area (Å²) in [6, 6.07) is 15.6. The Hall–Kier alpha value is -2.17. The molecule has 0 saturated heterocycles. The second-order valence-corrected chi connectivity index (χ2v) is 5.42. The summed E-state index contributed by atoms with van der Waals surface area (Å²) >= 11 is 5.95. The second-order valence-electron chi connectivity index (χ2n) is 4.98. The summed E-state index contributed by atoms with van der Waals surface area (Å²) in [5.41, 5.74) is 4.41. The minimum absolute atomic E-state index is 0.162. The topological polar surface area (TPSA) is 50.9 Å². The van der Waals surface area contributed by atoms with Gasteiger partial charge in [-0.15, -0.1) is 5.10 Å². The molecule has 0 aliphatic carbocycles. The van der Waals surface area contributed by atoms with Crippen molar-refractivity contribution in [2.75, 3.05) is 0 Å². The lowest BCUT2D eigenvalue weighted by Gasteiger charge is -2.08. The number of nitrogens with zero attached hydrogens (tertiary/aromatic N) is 3. The zero-order valence-corrected chi connectivity index (χ0v) is 13.0. The van der Waals surface area contributed by atoms with E-state index in [4.69, 9.17) is 11.6 Å². The van der Waals surface area contributed by atoms with Crippen LogP contribution in [0.5, 0.6) is 0 Å². The van der Waals surface area contributed by atoms with E-state index in [1.165, 1.54) is 5.56 Å². The van der Waals surface area contributed by atoms with E-state index < -0.39 is 0 Å². The number of rotatable bonds is 4. The molecule has 2 aromatic carbocycles. The van der Waals surface area contributed by atoms with Crippen molar-refractivity contribution in [2.24, 2.45) is 0 Å². The molecule has 0 aliphatic rings. The lowest BCUT2D eigenvalue weighted by Crippen LogP contribution is -2.00. The maximum Gasteiger partial charge on any atom is 0.117 e. The van der Waals surface area contributed by atoms with Crippen molar-refractivity contribution in [2.45, 2.75) is 20.0 Å². The quantitative estimate of drug-likeness (QED) is 0.800. The van der Waals surface area contributed by atoms with Crippen molar-refractivity contribution in [3.63, 3.8) is 0 Å². The van der Waals surface area contributed by atoms with Gasteiger partial charge >= 0.3 is 0 Å². The molecule has 3 aromatic rings. The van der Waals surface area contributed by atoms with Crippen molar-refractivity contribution >= 4 is 11.6 Å². The van der Waals surface area contributed by atoms with Gasteiger partial charge in [-0.2, -0.15) is 0 Å². The Kier molecular flexibility index (Phi) is 4.22. The monoisotopic (exact) mass is 313 g/mol. The van der Waals surface area contributed by atoms with E-state index in [0.29, 0.717) is 10.7 Å². The van der Waals surface area contributed by atoms with Gasteiger partial charge in [-0.3, -0.25) is 0 Å². The first kappa shape index (κ1) is 14.8. The van der Waals surface area contributed by atoms with Gasteiger partial charge in [0.05, 0.1) is 12.3 Å². The molecule has 0 atom stereocenters. The van der Waals surface area contributed by atoms with Crippen LogP contribution in [0.2, 0.25) is 5.02 Å². The third-order valence-electron chi connectivity index (χ3n) is 3.60. The van der Waals surface area contributed by atoms with Crippen molar-refractivity contribution in [3.05, 3.63) is 64.8 Å². The van der Waals surface area contributed by atoms with Gasteiger partial charge < -0.3 is 5.11 Å². The second kappa shape index (κ2) is 6.30. The standard InChI is InChI=1S/C17H16ClN3O/c1-2-12-3-9-15(10-4-12)21-17(16(11-22)19-20-21)13-5-7-14(18)8-6-13/h3-10,22H,2,11H2,1H3. The maximum atomic E-state index is 9.53. The highest BCUT2D eigenvalue weighted by Gasteiger charge is 2.15. The van der Waals surface area contributed by atoms with Gasteiger partial charge in [-0.25, -0.2) is 4.68 Å². The third-order valence-corrected chi connectivity index (χ3v) is 3.85. The van der Waals surface area contributed by atoms with Crippen LogP contribution >= 0.6 is 11.6 Å². The molecule has 0 spiro atoms. The molecule has 112 valence electrons. The SMILES string of the molecule is CCc1ccc(-n2nnc(CO)c2-c2ccc(Cl)cc2)cc1. The number of benzene rings is 2. The maximum absolute atomic E-state index is 9.53. The number of aliphatic hydroxyl groups is 1. The number of hydrogen-bond acceptors (Lipinski definition) is 3. The Labute approximate surface area is 134 Å². The first-order valence-corrected chi connectivity index (χ1v) is 7.51. The van der Waals surface area contributed by atoms with Gasteiger partial charge in [-0.1, -0.05) is 48.0 Å². The molecule has 1 aromatic heterocycles. The van der Waals surface area contributed by atoms with E-state index in [1.807, 2.05) is 36.4 Å². The fourth-order valence-electron chi connectivity index (χ4n) is 2.37. The van der Waals surface area contributed by atoms with Gasteiger partial charge in [-0.05, 0) is 36.2 Å². The summed E-state index contributed by atoms with van der Waals surface area (Å²) < 4.78 is 1.74. The van der Waals surface area contributed by atoms with E-state index in [2.05, 4.69) is 29.4 Å². The van der Waals surface area contributed by atoms with Gasteiger partial charge in [0.25, 0.3) is 0 Å². The molecular formula is C17H16ClN3O. The highest BCUT2D eigenvalue weighted by molar-refractivity contribution is 6.30. The minimum atomic E-state index is -0.162. The summed E-state index contributed by atoms with van der Waals surface area (Å²) in [6.07, 6.45) is 0.990. The molecule has 0 radical (unpaired) electrons. The van der Waals surface area contributed by atoms with Crippen LogP contribution in [-0.2, 0) is 13.0 Å². The van der Waals surface area contributed by atoms with Crippen LogP contribution in [0.15, 0.2) is 48.5 Å². The van der Waals surface area contributed by atoms with Crippen LogP contribution in [0, 0.1) is 0 Å². The van der Waals surface area contributed by atoms with E-state index in [9.17, 15) is 5.11 Å². The number of aryl methyl sites for hydroxylation is 1. The lowest BCUT2D eigenvalue weighted by atomic mass is 10.1. The fraction of sp³-hybridized carbons (Fsp3) is 0.176. The highest BCUT2D eigenvalue weighted by atomic mass is 35.5. The van der Waals surface area contributed by atoms with E-state index in [1.54, 1.807) is 4.68 Å². The van der Waals surface area contributed by atoms with Gasteiger partial charge in [0.15, 0.2) is 0 Å². The first-order chi connectivity index (χ1) is 10.7. The van der Waals surface area contributed by atoms with Crippen LogP contribution in [0.1, 0.15) is 18.2 Å². The number of aromatic nitrogens is 3. The van der Waals surface area contributed by atoms with Crippen LogP contribution < -0.4 is 0 Å². The summed E-state index contributed by atoms with van der Waals surface area (Å²) in [6.45, 7) is 1.96. The molecule has 0 bridgehead atoms. The zero-order valence-electron chi connectivity index (χ0n) is 12.2. The fourth-order valence-corrected chi connectivity index (χ4v) is 2.50. The van der Waals surface area contributed by atoms with E-state index >= 15 is 0 Å². The van der Waals surface area contributed by atoms with Crippen molar-refractivity contribution in [1.82, 2.24) is 15.0 Å². The molecule has 5 heteroatoms. The Morgan fingerprint density at radius 1 is 1.05 bits per heavy atom. The van der Waals surface area contributed by atoms with Gasteiger partial charge in [0, 0.05) is 10.6 Å². The molecule has 0 fully saturated rings. The smallest absolute Gasteiger partial charge is 0.117 e. The number of hydrogen-bond donors (Lipinski definition) is 1. The summed E-state index contributed by atoms with van der Waals surface area (Å²) in [7, 11) is 0. The third kappa shape index (κ3) is 2.75. The predicted molar refractivity (Wildman–Crippen MR) is 87.1 cm³/mol. The average molecular weight is 314 g/mol. The normalized spacial score (nSPS) is 10.9. The minimum Gasteiger partial charge on any atom is -0.390 e. The summed E-state index contributed by atoms with van der Waals surface area (Å²) in [5.74, 6) is 0. The van der Waals surface area contributed by atoms with Crippen molar-refractivity contribution in [1.29, 1.82) is 0 Å². The Morgan fingerprint density at radius 3 is 2.32 bits per heavy atom. The Bertz CT molecular complexity index is 764. The number of aliphatic hydroxyl groups excluding tert-OH is 1. The van der Waals surface area contributed by atoms with Crippen LogP contribution in [0.3, 0.4) is 0 Å². The average Bonchev–Trinajstić information content (AvgIpc) is 2.99. The van der Waals surface area contributed by atoms with Gasteiger partial charge in [0.1, 0.15) is 11.4 Å². The molecule has 4 nitrogen and oxygen atoms in total. The van der Waals surface area contributed by atoms with Crippen molar-refractivity contribution < 1.29 is 5.11 Å². The summed E-state index contributed by atoms with van der Waals surface area (Å²) in [5, 5.41) is 18.5. The molecule has 1 N–H and O–H groups in total. The molecule has 1 heterocycles. The van der Waals surface area contributed by atoms with Crippen LogP contribution in [0.4, 0.5) is 0 Å². The molecule has 0 amide bonds. The molecule has 0 unspecified atom stereocenters. The molecule has 3 rings (SSSR count). The molecular weight excluding hydrogens is 298 g/mol. The van der Waals surface area contributed by atoms with Crippen LogP contribution in [-0.4, -0.2) is 20.1 Å². The molecule has 0 aliphatic heterocycles. The highest BCUT2D eigenvalue weighted by Crippen LogP contribution is 2.26. The molecule has 22 heavy (non-hydrogen) atoms. The Balaban J connectivity index is 2.11. The molecule has 0 saturated carbocycles. The summed E-state index contributed by atoms with van der Waals surface area (Å²) in [4.78, 5) is 0. The zero-order chi connectivity index (χ0) is 15.5. The predicted octanol–water partition coefficient (Wildman–Crippen LogP) is 3.64. The Morgan fingerprint density at radius 2 is 1.73 bits per heavy atom. The van der Waals surface area contributed by atoms with E-state index in [-0.39, 0.29) is 6.61 Å². The largest absolute Gasteiger partial charge is 0.390 e. The van der Waals surface area contributed by atoms with Gasteiger partial charge in [0.2, 0.25) is 0 Å². The van der Waals surface area contributed by atoms with Crippen molar-refractivity contribution in [3.8, 4) is 16.9 Å². The lowest BCUT2D eigenvalue weighted by molar-refractivity contribution is 0.277. The van der Waals surface area contributed by atoms with Crippen LogP contribution in [0.25, 0.3) is 16.9 Å². The number of halogens is 1. The first-order valence-electron chi connectivity index (χ1n) is 7.13. The van der Waals surface area contributed by atoms with E-state index in [0.717, 1.165) is 23.4 Å².